The highest BCUT2D eigenvalue weighted by atomic mass is 35.5. The zero-order valence-corrected chi connectivity index (χ0v) is 20.5. The summed E-state index contributed by atoms with van der Waals surface area (Å²) in [6.45, 7) is 9.40. The summed E-state index contributed by atoms with van der Waals surface area (Å²) >= 11 is 5.91. The average molecular weight is 496 g/mol. The molecule has 0 N–H and O–H groups in total. The molecule has 1 fully saturated rings. The fraction of sp³-hybridized carbons (Fsp3) is 0.370. The lowest BCUT2D eigenvalue weighted by Gasteiger charge is -2.33. The Kier molecular flexibility index (Phi) is 7.18. The van der Waals surface area contributed by atoms with Gasteiger partial charge in [-0.2, -0.15) is 0 Å². The topological polar surface area (TPSA) is 44.6 Å². The van der Waals surface area contributed by atoms with Crippen LogP contribution in [0.15, 0.2) is 47.6 Å². The van der Waals surface area contributed by atoms with E-state index in [0.29, 0.717) is 23.5 Å². The number of rotatable bonds is 7. The highest BCUT2D eigenvalue weighted by Crippen LogP contribution is 2.29. The zero-order valence-electron chi connectivity index (χ0n) is 19.8. The number of hydrogen-bond acceptors (Lipinski definition) is 5. The number of hydrogen-bond donors (Lipinski definition) is 0. The van der Waals surface area contributed by atoms with Gasteiger partial charge in [0, 0.05) is 49.6 Å². The van der Waals surface area contributed by atoms with Gasteiger partial charge in [-0.15, -0.1) is 0 Å². The smallest absolute Gasteiger partial charge is 0.144 e. The molecule has 8 heteroatoms. The van der Waals surface area contributed by atoms with Crippen LogP contribution in [0.5, 0.6) is 0 Å². The van der Waals surface area contributed by atoms with E-state index in [1.165, 1.54) is 6.07 Å². The normalized spacial score (nSPS) is 17.1. The van der Waals surface area contributed by atoms with Crippen LogP contribution >= 0.6 is 11.6 Å². The number of nitrogens with zero attached hydrogens (tertiary/aromatic N) is 5. The average Bonchev–Trinajstić information content (AvgIpc) is 3.36. The van der Waals surface area contributed by atoms with Crippen molar-refractivity contribution in [1.82, 2.24) is 19.8 Å². The first-order valence-electron chi connectivity index (χ1n) is 12.1. The molecule has 5 nitrogen and oxygen atoms in total. The molecule has 0 bridgehead atoms. The Balaban J connectivity index is 1.30. The van der Waals surface area contributed by atoms with E-state index in [-0.39, 0.29) is 10.6 Å². The summed E-state index contributed by atoms with van der Waals surface area (Å²) in [6, 6.07) is 7.94. The number of likely N-dealkylation sites (N-methyl/N-ethyl adjacent to an activating group) is 1. The van der Waals surface area contributed by atoms with Gasteiger partial charge in [-0.3, -0.25) is 9.98 Å². The molecular formula is C27H28ClF2N5. The second kappa shape index (κ2) is 10.5. The van der Waals surface area contributed by atoms with Crippen LogP contribution in [0.1, 0.15) is 30.2 Å². The number of piperazine rings is 1. The van der Waals surface area contributed by atoms with Crippen LogP contribution in [0.3, 0.4) is 0 Å². The van der Waals surface area contributed by atoms with E-state index < -0.39 is 11.6 Å². The van der Waals surface area contributed by atoms with Crippen molar-refractivity contribution in [2.24, 2.45) is 4.99 Å². The molecule has 0 radical (unpaired) electrons. The number of halogens is 3. The first-order chi connectivity index (χ1) is 17.0. The minimum absolute atomic E-state index is 0.136. The summed E-state index contributed by atoms with van der Waals surface area (Å²) in [5, 5.41) is -0.136. The Morgan fingerprint density at radius 3 is 2.57 bits per heavy atom. The van der Waals surface area contributed by atoms with Crippen molar-refractivity contribution in [3.05, 3.63) is 76.1 Å². The number of aryl methyl sites for hydroxylation is 1. The predicted molar refractivity (Wildman–Crippen MR) is 137 cm³/mol. The van der Waals surface area contributed by atoms with E-state index in [1.807, 2.05) is 24.4 Å². The molecule has 4 heterocycles. The summed E-state index contributed by atoms with van der Waals surface area (Å²) in [6.07, 6.45) is 5.84. The lowest BCUT2D eigenvalue weighted by atomic mass is 9.99. The van der Waals surface area contributed by atoms with Gasteiger partial charge in [-0.25, -0.2) is 13.8 Å². The molecule has 2 aliphatic rings. The van der Waals surface area contributed by atoms with E-state index in [2.05, 4.69) is 32.8 Å². The van der Waals surface area contributed by atoms with E-state index in [9.17, 15) is 8.78 Å². The van der Waals surface area contributed by atoms with Crippen molar-refractivity contribution in [2.75, 3.05) is 45.8 Å². The third kappa shape index (κ3) is 5.27. The minimum atomic E-state index is -0.789. The second-order valence-electron chi connectivity index (χ2n) is 9.01. The van der Waals surface area contributed by atoms with Gasteiger partial charge in [0.2, 0.25) is 0 Å². The maximum atomic E-state index is 14.5. The number of pyridine rings is 2. The first kappa shape index (κ1) is 24.0. The highest BCUT2D eigenvalue weighted by Gasteiger charge is 2.22. The highest BCUT2D eigenvalue weighted by molar-refractivity contribution is 6.35. The molecule has 3 aromatic rings. The number of benzene rings is 1. The maximum Gasteiger partial charge on any atom is 0.144 e. The maximum absolute atomic E-state index is 14.5. The van der Waals surface area contributed by atoms with Crippen molar-refractivity contribution in [1.29, 1.82) is 0 Å². The molecule has 0 saturated carbocycles. The van der Waals surface area contributed by atoms with Gasteiger partial charge in [0.05, 0.1) is 34.0 Å². The van der Waals surface area contributed by atoms with E-state index in [1.54, 1.807) is 0 Å². The largest absolute Gasteiger partial charge is 0.301 e. The summed E-state index contributed by atoms with van der Waals surface area (Å²) < 4.78 is 28.2. The van der Waals surface area contributed by atoms with Crippen LogP contribution in [0.4, 0.5) is 8.78 Å². The molecule has 0 unspecified atom stereocenters. The Bertz CT molecular complexity index is 1300. The van der Waals surface area contributed by atoms with Crippen LogP contribution in [0, 0.1) is 11.6 Å². The molecule has 182 valence electrons. The van der Waals surface area contributed by atoms with E-state index in [0.717, 1.165) is 74.8 Å². The van der Waals surface area contributed by atoms with Gasteiger partial charge in [0.25, 0.3) is 0 Å². The van der Waals surface area contributed by atoms with Gasteiger partial charge < -0.3 is 9.80 Å². The SMILES string of the molecule is CCN1CCN(CCCc2cnc3ccc(C4=CCN=C4c4cc(Cl)c(F)cc4F)nc3c2)CC1. The van der Waals surface area contributed by atoms with Gasteiger partial charge >= 0.3 is 0 Å². The second-order valence-corrected chi connectivity index (χ2v) is 9.42. The predicted octanol–water partition coefficient (Wildman–Crippen LogP) is 5.02. The molecule has 5 rings (SSSR count). The minimum Gasteiger partial charge on any atom is -0.301 e. The standard InChI is InChI=1S/C27H28ClF2N5/c1-2-34-10-12-35(13-11-34)9-3-4-18-14-26-25(32-17-18)6-5-24(33-26)19-7-8-31-27(19)20-15-21(28)23(30)16-22(20)29/h5-7,14-17H,2-4,8-13H2,1H3. The quantitative estimate of drug-likeness (QED) is 0.432. The van der Waals surface area contributed by atoms with Crippen LogP contribution in [-0.2, 0) is 6.42 Å². The summed E-state index contributed by atoms with van der Waals surface area (Å²) in [5.74, 6) is -1.48. The molecule has 1 aromatic carbocycles. The molecule has 0 aliphatic carbocycles. The number of fused-ring (bicyclic) bond motifs is 1. The van der Waals surface area contributed by atoms with Crippen LogP contribution in [0.2, 0.25) is 5.02 Å². The number of aliphatic imine (C=N–C) groups is 1. The van der Waals surface area contributed by atoms with Gasteiger partial charge in [0.15, 0.2) is 0 Å². The van der Waals surface area contributed by atoms with Crippen molar-refractivity contribution >= 4 is 33.9 Å². The third-order valence-electron chi connectivity index (χ3n) is 6.79. The van der Waals surface area contributed by atoms with Crippen molar-refractivity contribution in [3.8, 4) is 0 Å². The number of aromatic nitrogens is 2. The van der Waals surface area contributed by atoms with Crippen LogP contribution in [0.25, 0.3) is 16.6 Å². The van der Waals surface area contributed by atoms with Crippen LogP contribution < -0.4 is 0 Å². The molecule has 2 aromatic heterocycles. The zero-order chi connectivity index (χ0) is 24.4. The Morgan fingerprint density at radius 1 is 0.971 bits per heavy atom. The lowest BCUT2D eigenvalue weighted by molar-refractivity contribution is 0.136. The fourth-order valence-corrected chi connectivity index (χ4v) is 4.90. The molecular weight excluding hydrogens is 468 g/mol. The van der Waals surface area contributed by atoms with Gasteiger partial charge in [-0.05, 0) is 55.8 Å². The first-order valence-corrected chi connectivity index (χ1v) is 12.5. The Labute approximate surface area is 209 Å². The number of allylic oxidation sites excluding steroid dienone is 1. The van der Waals surface area contributed by atoms with Crippen molar-refractivity contribution in [2.45, 2.75) is 19.8 Å². The molecule has 1 saturated heterocycles. The fourth-order valence-electron chi connectivity index (χ4n) is 4.74. The van der Waals surface area contributed by atoms with E-state index >= 15 is 0 Å². The molecule has 2 aliphatic heterocycles. The van der Waals surface area contributed by atoms with E-state index in [4.69, 9.17) is 16.6 Å². The van der Waals surface area contributed by atoms with Crippen molar-refractivity contribution < 1.29 is 8.78 Å². The third-order valence-corrected chi connectivity index (χ3v) is 7.08. The molecule has 0 amide bonds. The van der Waals surface area contributed by atoms with Gasteiger partial charge in [0.1, 0.15) is 11.6 Å². The van der Waals surface area contributed by atoms with Gasteiger partial charge in [-0.1, -0.05) is 24.6 Å². The molecule has 0 atom stereocenters. The summed E-state index contributed by atoms with van der Waals surface area (Å²) in [7, 11) is 0. The van der Waals surface area contributed by atoms with Crippen molar-refractivity contribution in [3.63, 3.8) is 0 Å². The lowest BCUT2D eigenvalue weighted by Crippen LogP contribution is -2.46. The summed E-state index contributed by atoms with van der Waals surface area (Å²) in [4.78, 5) is 18.9. The van der Waals surface area contributed by atoms with Crippen LogP contribution in [-0.4, -0.2) is 71.3 Å². The summed E-state index contributed by atoms with van der Waals surface area (Å²) in [5.41, 5.74) is 4.76. The Hall–Kier alpha value is -2.74. The Morgan fingerprint density at radius 2 is 1.77 bits per heavy atom. The monoisotopic (exact) mass is 495 g/mol. The molecule has 35 heavy (non-hydrogen) atoms. The molecule has 0 spiro atoms.